The lowest BCUT2D eigenvalue weighted by Crippen LogP contribution is -2.32. The van der Waals surface area contributed by atoms with Crippen LogP contribution >= 0.6 is 0 Å². The van der Waals surface area contributed by atoms with Gasteiger partial charge in [0.1, 0.15) is 6.61 Å². The van der Waals surface area contributed by atoms with Crippen molar-refractivity contribution < 1.29 is 19.1 Å². The number of carbonyl (C=O) groups is 3. The first-order valence-corrected chi connectivity index (χ1v) is 9.44. The van der Waals surface area contributed by atoms with E-state index in [2.05, 4.69) is 10.6 Å². The number of rotatable bonds is 10. The van der Waals surface area contributed by atoms with Gasteiger partial charge in [-0.3, -0.25) is 14.4 Å². The zero-order chi connectivity index (χ0) is 21.8. The average molecular weight is 408 g/mol. The van der Waals surface area contributed by atoms with Gasteiger partial charge in [0.2, 0.25) is 17.7 Å². The van der Waals surface area contributed by atoms with E-state index in [1.54, 1.807) is 36.4 Å². The quantitative estimate of drug-likeness (QED) is 0.628. The zero-order valence-corrected chi connectivity index (χ0v) is 16.8. The molecule has 0 unspecified atom stereocenters. The summed E-state index contributed by atoms with van der Waals surface area (Å²) in [6.07, 6.45) is 0.248. The van der Waals surface area contributed by atoms with Crippen molar-refractivity contribution in [2.24, 2.45) is 0 Å². The van der Waals surface area contributed by atoms with E-state index in [1.807, 2.05) is 24.3 Å². The largest absolute Gasteiger partial charge is 0.375 e. The van der Waals surface area contributed by atoms with E-state index >= 15 is 0 Å². The van der Waals surface area contributed by atoms with Crippen molar-refractivity contribution in [3.63, 3.8) is 0 Å². The molecule has 0 saturated carbocycles. The van der Waals surface area contributed by atoms with E-state index in [0.717, 1.165) is 0 Å². The van der Waals surface area contributed by atoms with Gasteiger partial charge in [0, 0.05) is 43.6 Å². The first kappa shape index (κ1) is 22.6. The smallest absolute Gasteiger partial charge is 0.250 e. The number of ether oxygens (including phenoxy) is 1. The molecule has 2 rings (SSSR count). The number of para-hydroxylation sites is 1. The fourth-order valence-electron chi connectivity index (χ4n) is 2.71. The fourth-order valence-corrected chi connectivity index (χ4v) is 2.71. The van der Waals surface area contributed by atoms with Crippen LogP contribution in [0.1, 0.15) is 19.3 Å². The van der Waals surface area contributed by atoms with Crippen LogP contribution in [0.5, 0.6) is 0 Å². The van der Waals surface area contributed by atoms with Crippen LogP contribution in [0.3, 0.4) is 0 Å². The molecule has 0 saturated heterocycles. The highest BCUT2D eigenvalue weighted by atomic mass is 16.5. The SMILES string of the molecule is COCC(=O)Nc1ccc(NC(=O)CCC(=O)N(CCC#N)c2ccccc2)cc1. The highest BCUT2D eigenvalue weighted by molar-refractivity contribution is 5.98. The second-order valence-corrected chi connectivity index (χ2v) is 6.40. The summed E-state index contributed by atoms with van der Waals surface area (Å²) in [6, 6.07) is 17.7. The lowest BCUT2D eigenvalue weighted by atomic mass is 10.2. The summed E-state index contributed by atoms with van der Waals surface area (Å²) in [7, 11) is 1.44. The molecule has 0 aliphatic rings. The van der Waals surface area contributed by atoms with Crippen molar-refractivity contribution in [1.29, 1.82) is 5.26 Å². The Labute approximate surface area is 175 Å². The first-order chi connectivity index (χ1) is 14.5. The summed E-state index contributed by atoms with van der Waals surface area (Å²) in [5.74, 6) is -0.789. The number of anilines is 3. The van der Waals surface area contributed by atoms with Crippen molar-refractivity contribution in [3.05, 3.63) is 54.6 Å². The first-order valence-electron chi connectivity index (χ1n) is 9.44. The molecule has 0 fully saturated rings. The van der Waals surface area contributed by atoms with Crippen LogP contribution in [0.15, 0.2) is 54.6 Å². The normalized spacial score (nSPS) is 10.0. The number of benzene rings is 2. The molecule has 3 amide bonds. The van der Waals surface area contributed by atoms with Gasteiger partial charge < -0.3 is 20.3 Å². The molecule has 0 heterocycles. The Bertz CT molecular complexity index is 892. The molecule has 8 heteroatoms. The summed E-state index contributed by atoms with van der Waals surface area (Å²) in [5.41, 5.74) is 1.84. The van der Waals surface area contributed by atoms with E-state index in [4.69, 9.17) is 10.00 Å². The average Bonchev–Trinajstić information content (AvgIpc) is 2.75. The Morgan fingerprint density at radius 2 is 1.53 bits per heavy atom. The highest BCUT2D eigenvalue weighted by Gasteiger charge is 2.16. The van der Waals surface area contributed by atoms with Crippen LogP contribution in [0, 0.1) is 11.3 Å². The van der Waals surface area contributed by atoms with Crippen molar-refractivity contribution in [3.8, 4) is 6.07 Å². The van der Waals surface area contributed by atoms with Gasteiger partial charge >= 0.3 is 0 Å². The maximum absolute atomic E-state index is 12.6. The molecule has 0 radical (unpaired) electrons. The minimum Gasteiger partial charge on any atom is -0.375 e. The monoisotopic (exact) mass is 408 g/mol. The number of hydrogen-bond donors (Lipinski definition) is 2. The number of nitrogens with one attached hydrogen (secondary N) is 2. The Morgan fingerprint density at radius 1 is 0.933 bits per heavy atom. The molecule has 30 heavy (non-hydrogen) atoms. The van der Waals surface area contributed by atoms with Crippen LogP contribution in [0.25, 0.3) is 0 Å². The molecule has 0 spiro atoms. The molecular weight excluding hydrogens is 384 g/mol. The Morgan fingerprint density at radius 3 is 2.10 bits per heavy atom. The lowest BCUT2D eigenvalue weighted by molar-refractivity contribution is -0.122. The summed E-state index contributed by atoms with van der Waals surface area (Å²) >= 11 is 0. The standard InChI is InChI=1S/C22H24N4O4/c1-30-16-21(28)25-18-10-8-17(9-11-18)24-20(27)12-13-22(29)26(15-5-14-23)19-6-3-2-4-7-19/h2-4,6-11H,5,12-13,15-16H2,1H3,(H,24,27)(H,25,28). The number of carbonyl (C=O) groups excluding carboxylic acids is 3. The molecular formula is C22H24N4O4. The van der Waals surface area contributed by atoms with Crippen LogP contribution in [-0.2, 0) is 19.1 Å². The molecule has 0 aliphatic carbocycles. The molecule has 0 aliphatic heterocycles. The van der Waals surface area contributed by atoms with Gasteiger partial charge in [0.15, 0.2) is 0 Å². The van der Waals surface area contributed by atoms with Crippen molar-refractivity contribution in [2.45, 2.75) is 19.3 Å². The third kappa shape index (κ3) is 7.37. The van der Waals surface area contributed by atoms with Gasteiger partial charge in [0.05, 0.1) is 12.5 Å². The van der Waals surface area contributed by atoms with Crippen molar-refractivity contribution in [1.82, 2.24) is 0 Å². The fraction of sp³-hybridized carbons (Fsp3) is 0.273. The third-order valence-electron chi connectivity index (χ3n) is 4.11. The van der Waals surface area contributed by atoms with E-state index < -0.39 is 0 Å². The number of nitriles is 1. The molecule has 8 nitrogen and oxygen atoms in total. The summed E-state index contributed by atoms with van der Waals surface area (Å²) in [5, 5.41) is 14.2. The van der Waals surface area contributed by atoms with Crippen molar-refractivity contribution >= 4 is 34.8 Å². The maximum atomic E-state index is 12.6. The number of nitrogens with zero attached hydrogens (tertiary/aromatic N) is 2. The summed E-state index contributed by atoms with van der Waals surface area (Å²) < 4.78 is 4.75. The molecule has 156 valence electrons. The topological polar surface area (TPSA) is 112 Å². The van der Waals surface area contributed by atoms with E-state index in [-0.39, 0.29) is 50.1 Å². The van der Waals surface area contributed by atoms with Gasteiger partial charge in [-0.2, -0.15) is 5.26 Å². The molecule has 0 bridgehead atoms. The summed E-state index contributed by atoms with van der Waals surface area (Å²) in [4.78, 5) is 37.8. The van der Waals surface area contributed by atoms with Gasteiger partial charge in [-0.1, -0.05) is 18.2 Å². The lowest BCUT2D eigenvalue weighted by Gasteiger charge is -2.21. The van der Waals surface area contributed by atoms with E-state index in [1.165, 1.54) is 12.0 Å². The minimum atomic E-state index is -0.298. The Hall–Kier alpha value is -3.70. The maximum Gasteiger partial charge on any atom is 0.250 e. The van der Waals surface area contributed by atoms with Gasteiger partial charge in [-0.15, -0.1) is 0 Å². The second kappa shape index (κ2) is 12.0. The Balaban J connectivity index is 1.87. The number of amides is 3. The predicted molar refractivity (Wildman–Crippen MR) is 114 cm³/mol. The van der Waals surface area contributed by atoms with Crippen LogP contribution in [0.2, 0.25) is 0 Å². The van der Waals surface area contributed by atoms with Crippen LogP contribution < -0.4 is 15.5 Å². The Kier molecular flexibility index (Phi) is 9.03. The van der Waals surface area contributed by atoms with E-state index in [9.17, 15) is 14.4 Å². The third-order valence-corrected chi connectivity index (χ3v) is 4.11. The molecule has 0 aromatic heterocycles. The number of methoxy groups -OCH3 is 1. The van der Waals surface area contributed by atoms with Crippen LogP contribution in [-0.4, -0.2) is 38.0 Å². The van der Waals surface area contributed by atoms with E-state index in [0.29, 0.717) is 17.1 Å². The second-order valence-electron chi connectivity index (χ2n) is 6.40. The molecule has 2 aromatic carbocycles. The number of hydrogen-bond acceptors (Lipinski definition) is 5. The summed E-state index contributed by atoms with van der Waals surface area (Å²) in [6.45, 7) is 0.234. The van der Waals surface area contributed by atoms with Gasteiger partial charge in [-0.05, 0) is 36.4 Å². The van der Waals surface area contributed by atoms with Gasteiger partial charge in [-0.25, -0.2) is 0 Å². The molecule has 0 atom stereocenters. The van der Waals surface area contributed by atoms with Crippen molar-refractivity contribution in [2.75, 3.05) is 35.8 Å². The predicted octanol–water partition coefficient (Wildman–Crippen LogP) is 2.94. The van der Waals surface area contributed by atoms with Gasteiger partial charge in [0.25, 0.3) is 0 Å². The minimum absolute atomic E-state index is 0.0149. The van der Waals surface area contributed by atoms with Crippen LogP contribution in [0.4, 0.5) is 17.1 Å². The highest BCUT2D eigenvalue weighted by Crippen LogP contribution is 2.17. The molecule has 2 aromatic rings. The molecule has 2 N–H and O–H groups in total. The zero-order valence-electron chi connectivity index (χ0n) is 16.8.